The Bertz CT molecular complexity index is 930. The highest BCUT2D eigenvalue weighted by Crippen LogP contribution is 2.35. The van der Waals surface area contributed by atoms with Crippen molar-refractivity contribution < 1.29 is 9.13 Å². The van der Waals surface area contributed by atoms with Crippen LogP contribution in [0.1, 0.15) is 29.2 Å². The van der Waals surface area contributed by atoms with Gasteiger partial charge in [-0.05, 0) is 31.2 Å². The predicted molar refractivity (Wildman–Crippen MR) is 93.4 cm³/mol. The number of rotatable bonds is 5. The first kappa shape index (κ1) is 17.3. The van der Waals surface area contributed by atoms with Gasteiger partial charge in [-0.2, -0.15) is 10.4 Å². The van der Waals surface area contributed by atoms with E-state index >= 15 is 4.39 Å². The zero-order valence-electron chi connectivity index (χ0n) is 14.1. The molecule has 0 spiro atoms. The average molecular weight is 349 g/mol. The molecule has 6 nitrogen and oxygen atoms in total. The average Bonchev–Trinajstić information content (AvgIpc) is 3.23. The van der Waals surface area contributed by atoms with Gasteiger partial charge in [-0.15, -0.1) is 0 Å². The lowest BCUT2D eigenvalue weighted by Crippen LogP contribution is -2.32. The van der Waals surface area contributed by atoms with Crippen LogP contribution in [0.5, 0.6) is 0 Å². The van der Waals surface area contributed by atoms with Gasteiger partial charge in [0, 0.05) is 16.7 Å². The van der Waals surface area contributed by atoms with E-state index in [1.807, 2.05) is 6.07 Å². The highest BCUT2D eigenvalue weighted by molar-refractivity contribution is 5.91. The van der Waals surface area contributed by atoms with Gasteiger partial charge in [0.1, 0.15) is 12.7 Å². The lowest BCUT2D eigenvalue weighted by Gasteiger charge is -2.26. The fourth-order valence-corrected chi connectivity index (χ4v) is 2.63. The van der Waals surface area contributed by atoms with Gasteiger partial charge >= 0.3 is 0 Å². The Labute approximate surface area is 150 Å². The summed E-state index contributed by atoms with van der Waals surface area (Å²) in [6.07, 6.45) is 2.56. The molecule has 0 fully saturated rings. The van der Waals surface area contributed by atoms with Crippen LogP contribution in [0.4, 0.5) is 4.39 Å². The van der Waals surface area contributed by atoms with Crippen molar-refractivity contribution in [2.45, 2.75) is 12.7 Å². The summed E-state index contributed by atoms with van der Waals surface area (Å²) in [6.45, 7) is 2.18. The molecule has 0 bridgehead atoms. The minimum atomic E-state index is -2.10. The maximum absolute atomic E-state index is 16.2. The van der Waals surface area contributed by atoms with Gasteiger partial charge in [0.15, 0.2) is 0 Å². The van der Waals surface area contributed by atoms with Crippen molar-refractivity contribution in [1.29, 1.82) is 10.7 Å². The van der Waals surface area contributed by atoms with Gasteiger partial charge in [-0.25, -0.2) is 14.1 Å². The van der Waals surface area contributed by atoms with Gasteiger partial charge in [0.25, 0.3) is 5.79 Å². The summed E-state index contributed by atoms with van der Waals surface area (Å²) in [6, 6.07) is 14.7. The fourth-order valence-electron chi connectivity index (χ4n) is 2.63. The Hall–Kier alpha value is -3.53. The molecular weight excluding hydrogens is 333 g/mol. The molecule has 130 valence electrons. The summed E-state index contributed by atoms with van der Waals surface area (Å²) in [4.78, 5) is 3.85. The molecule has 0 aliphatic carbocycles. The Morgan fingerprint density at radius 3 is 2.31 bits per heavy atom. The van der Waals surface area contributed by atoms with Crippen LogP contribution in [0.25, 0.3) is 0 Å². The summed E-state index contributed by atoms with van der Waals surface area (Å²) < 4.78 is 22.5. The van der Waals surface area contributed by atoms with Gasteiger partial charge < -0.3 is 4.74 Å². The molecule has 1 atom stereocenters. The van der Waals surface area contributed by atoms with Crippen LogP contribution in [0, 0.1) is 16.7 Å². The molecule has 1 heterocycles. The summed E-state index contributed by atoms with van der Waals surface area (Å²) in [7, 11) is 0. The second-order valence-corrected chi connectivity index (χ2v) is 5.49. The molecule has 3 rings (SSSR count). The molecular formula is C19H16FN5O. The molecule has 1 N–H and O–H groups in total. The smallest absolute Gasteiger partial charge is 0.254 e. The van der Waals surface area contributed by atoms with Crippen molar-refractivity contribution in [3.8, 4) is 6.07 Å². The standard InChI is InChI=1S/C19H16FN5O/c1-2-26-18(22)15-5-9-17(10-6-15)19(20,25-13-23-12-24-25)16-7-3-14(11-21)4-8-16/h3-10,12-13,22H,2H2,1H3. The second-order valence-electron chi connectivity index (χ2n) is 5.49. The first-order chi connectivity index (χ1) is 12.6. The summed E-state index contributed by atoms with van der Waals surface area (Å²) in [5.74, 6) is -2.07. The number of hydrogen-bond acceptors (Lipinski definition) is 5. The van der Waals surface area contributed by atoms with Gasteiger partial charge in [-0.1, -0.05) is 24.3 Å². The number of alkyl halides is 1. The number of nitriles is 1. The monoisotopic (exact) mass is 349 g/mol. The number of benzene rings is 2. The first-order valence-electron chi connectivity index (χ1n) is 7.96. The van der Waals surface area contributed by atoms with E-state index in [9.17, 15) is 0 Å². The van der Waals surface area contributed by atoms with Crippen molar-refractivity contribution in [2.24, 2.45) is 0 Å². The Balaban J connectivity index is 2.07. The molecule has 1 aromatic heterocycles. The van der Waals surface area contributed by atoms with E-state index < -0.39 is 5.79 Å². The normalized spacial score (nSPS) is 12.8. The molecule has 7 heteroatoms. The SMILES string of the molecule is CCOC(=N)c1ccc(C(F)(c2ccc(C#N)cc2)n2cncn2)cc1. The van der Waals surface area contributed by atoms with Crippen LogP contribution in [0.3, 0.4) is 0 Å². The van der Waals surface area contributed by atoms with Crippen molar-refractivity contribution >= 4 is 5.90 Å². The zero-order chi connectivity index (χ0) is 18.6. The lowest BCUT2D eigenvalue weighted by atomic mass is 9.94. The predicted octanol–water partition coefficient (Wildman–Crippen LogP) is 3.23. The minimum absolute atomic E-state index is 0.0302. The Morgan fingerprint density at radius 2 is 1.81 bits per heavy atom. The van der Waals surface area contributed by atoms with E-state index in [1.54, 1.807) is 55.5 Å². The maximum Gasteiger partial charge on any atom is 0.254 e. The Kier molecular flexibility index (Phi) is 4.76. The van der Waals surface area contributed by atoms with Crippen molar-refractivity contribution in [3.63, 3.8) is 0 Å². The highest BCUT2D eigenvalue weighted by Gasteiger charge is 2.37. The summed E-state index contributed by atoms with van der Waals surface area (Å²) in [5, 5.41) is 20.8. The molecule has 0 amide bonds. The topological polar surface area (TPSA) is 87.6 Å². The second kappa shape index (κ2) is 7.15. The largest absolute Gasteiger partial charge is 0.478 e. The van der Waals surface area contributed by atoms with Crippen LogP contribution >= 0.6 is 0 Å². The fraction of sp³-hybridized carbons (Fsp3) is 0.158. The quantitative estimate of drug-likeness (QED) is 0.566. The van der Waals surface area contributed by atoms with E-state index in [4.69, 9.17) is 15.4 Å². The van der Waals surface area contributed by atoms with Gasteiger partial charge in [0.2, 0.25) is 5.90 Å². The molecule has 0 saturated heterocycles. The zero-order valence-corrected chi connectivity index (χ0v) is 14.1. The van der Waals surface area contributed by atoms with E-state index in [0.717, 1.165) is 4.68 Å². The molecule has 0 radical (unpaired) electrons. The molecule has 0 aliphatic rings. The third-order valence-corrected chi connectivity index (χ3v) is 3.95. The van der Waals surface area contributed by atoms with E-state index in [1.165, 1.54) is 12.7 Å². The first-order valence-corrected chi connectivity index (χ1v) is 7.96. The van der Waals surface area contributed by atoms with Crippen LogP contribution in [-0.2, 0) is 10.5 Å². The molecule has 1 unspecified atom stereocenters. The van der Waals surface area contributed by atoms with E-state index in [-0.39, 0.29) is 5.90 Å². The van der Waals surface area contributed by atoms with Gasteiger partial charge in [0.05, 0.1) is 18.2 Å². The molecule has 0 aliphatic heterocycles. The van der Waals surface area contributed by atoms with Crippen LogP contribution in [-0.4, -0.2) is 27.3 Å². The molecule has 2 aromatic carbocycles. The number of halogens is 1. The number of hydrogen-bond donors (Lipinski definition) is 1. The summed E-state index contributed by atoms with van der Waals surface area (Å²) in [5.41, 5.74) is 1.63. The van der Waals surface area contributed by atoms with Gasteiger partial charge in [-0.3, -0.25) is 5.41 Å². The van der Waals surface area contributed by atoms with Crippen molar-refractivity contribution in [1.82, 2.24) is 14.8 Å². The number of nitrogens with zero attached hydrogens (tertiary/aromatic N) is 4. The maximum atomic E-state index is 16.2. The highest BCUT2D eigenvalue weighted by atomic mass is 19.1. The lowest BCUT2D eigenvalue weighted by molar-refractivity contribution is 0.157. The molecule has 3 aromatic rings. The molecule has 26 heavy (non-hydrogen) atoms. The minimum Gasteiger partial charge on any atom is -0.478 e. The van der Waals surface area contributed by atoms with E-state index in [2.05, 4.69) is 10.1 Å². The van der Waals surface area contributed by atoms with Crippen molar-refractivity contribution in [2.75, 3.05) is 6.61 Å². The Morgan fingerprint density at radius 1 is 1.19 bits per heavy atom. The van der Waals surface area contributed by atoms with E-state index in [0.29, 0.717) is 28.9 Å². The number of aromatic nitrogens is 3. The van der Waals surface area contributed by atoms with Crippen LogP contribution in [0.2, 0.25) is 0 Å². The van der Waals surface area contributed by atoms with Crippen molar-refractivity contribution in [3.05, 3.63) is 83.4 Å². The third-order valence-electron chi connectivity index (χ3n) is 3.95. The summed E-state index contributed by atoms with van der Waals surface area (Å²) >= 11 is 0. The molecule has 0 saturated carbocycles. The number of nitrogens with one attached hydrogen (secondary N) is 1. The third kappa shape index (κ3) is 3.05. The van der Waals surface area contributed by atoms with Crippen LogP contribution < -0.4 is 0 Å². The van der Waals surface area contributed by atoms with Crippen LogP contribution in [0.15, 0.2) is 61.2 Å². The number of ether oxygens (including phenoxy) is 1.